The number of hydrogen-bond acceptors (Lipinski definition) is 3. The number of allylic oxidation sites excluding steroid dienone is 2. The van der Waals surface area contributed by atoms with E-state index in [9.17, 15) is 14.4 Å². The van der Waals surface area contributed by atoms with Gasteiger partial charge in [0.05, 0.1) is 17.5 Å². The lowest BCUT2D eigenvalue weighted by atomic mass is 9.63. The number of carbonyl (C=O) groups is 3. The number of likely N-dealkylation sites (tertiary alicyclic amines) is 1. The molecule has 2 aliphatic heterocycles. The van der Waals surface area contributed by atoms with Crippen LogP contribution < -0.4 is 4.90 Å². The number of imide groups is 1. The van der Waals surface area contributed by atoms with Crippen LogP contribution in [0.5, 0.6) is 0 Å². The van der Waals surface area contributed by atoms with Crippen LogP contribution in [0.1, 0.15) is 36.0 Å². The highest BCUT2D eigenvalue weighted by Crippen LogP contribution is 2.65. The molecule has 2 heterocycles. The van der Waals surface area contributed by atoms with Crippen molar-refractivity contribution in [3.05, 3.63) is 42.0 Å². The Morgan fingerprint density at radius 3 is 2.18 bits per heavy atom. The summed E-state index contributed by atoms with van der Waals surface area (Å²) in [5.74, 6) is 1.10. The Hall–Kier alpha value is -2.43. The van der Waals surface area contributed by atoms with E-state index in [-0.39, 0.29) is 41.4 Å². The van der Waals surface area contributed by atoms with Crippen LogP contribution in [0, 0.1) is 35.5 Å². The fraction of sp³-hybridized carbons (Fsp3) is 0.522. The first-order valence-corrected chi connectivity index (χ1v) is 10.6. The highest BCUT2D eigenvalue weighted by molar-refractivity contribution is 6.23. The second kappa shape index (κ2) is 5.79. The minimum atomic E-state index is -0.201. The maximum atomic E-state index is 13.3. The molecule has 0 aromatic heterocycles. The van der Waals surface area contributed by atoms with Crippen molar-refractivity contribution in [2.24, 2.45) is 35.5 Å². The van der Waals surface area contributed by atoms with E-state index >= 15 is 0 Å². The second-order valence-electron chi connectivity index (χ2n) is 9.07. The Morgan fingerprint density at radius 2 is 1.54 bits per heavy atom. The lowest BCUT2D eigenvalue weighted by Gasteiger charge is -2.37. The summed E-state index contributed by atoms with van der Waals surface area (Å²) in [6, 6.07) is 7.11. The van der Waals surface area contributed by atoms with Gasteiger partial charge in [-0.25, -0.2) is 4.90 Å². The van der Waals surface area contributed by atoms with Crippen LogP contribution in [0.15, 0.2) is 36.4 Å². The number of rotatable bonds is 2. The maximum absolute atomic E-state index is 13.3. The fourth-order valence-electron chi connectivity index (χ4n) is 6.27. The van der Waals surface area contributed by atoms with Crippen molar-refractivity contribution in [2.45, 2.75) is 25.7 Å². The van der Waals surface area contributed by atoms with E-state index in [1.807, 2.05) is 4.90 Å². The Kier molecular flexibility index (Phi) is 3.41. The Bertz CT molecular complexity index is 880. The summed E-state index contributed by atoms with van der Waals surface area (Å²) in [5, 5.41) is 0. The number of piperidine rings is 1. The molecule has 6 atom stereocenters. The lowest BCUT2D eigenvalue weighted by Crippen LogP contribution is -2.40. The standard InChI is InChI=1S/C23H24N2O3/c26-21(24-9-2-1-3-10-24)13-5-4-6-14(11-13)25-22(27)19-15-7-8-16(18-12-17(15)18)20(19)23(25)28/h4-8,11,15-20H,1-3,9-10,12H2/t15-,16-,17-,18-,19+,20+/m1/s1. The second-order valence-corrected chi connectivity index (χ2v) is 9.07. The monoisotopic (exact) mass is 376 g/mol. The molecule has 3 amide bonds. The molecular formula is C23H24N2O3. The molecule has 0 unspecified atom stereocenters. The predicted molar refractivity (Wildman–Crippen MR) is 103 cm³/mol. The minimum Gasteiger partial charge on any atom is -0.339 e. The van der Waals surface area contributed by atoms with E-state index in [1.54, 1.807) is 24.3 Å². The molecule has 1 aromatic carbocycles. The molecule has 7 rings (SSSR count). The first kappa shape index (κ1) is 16.5. The van der Waals surface area contributed by atoms with Gasteiger partial charge in [-0.1, -0.05) is 18.2 Å². The molecule has 4 aliphatic carbocycles. The number of benzene rings is 1. The molecule has 6 aliphatic rings. The van der Waals surface area contributed by atoms with Crippen molar-refractivity contribution in [3.63, 3.8) is 0 Å². The van der Waals surface area contributed by atoms with Crippen molar-refractivity contribution in [3.8, 4) is 0 Å². The van der Waals surface area contributed by atoms with Gasteiger partial charge >= 0.3 is 0 Å². The van der Waals surface area contributed by atoms with Crippen molar-refractivity contribution >= 4 is 23.4 Å². The van der Waals surface area contributed by atoms with Gasteiger partial charge in [0.15, 0.2) is 0 Å². The van der Waals surface area contributed by atoms with E-state index in [1.165, 1.54) is 11.3 Å². The van der Waals surface area contributed by atoms with Gasteiger partial charge in [0.2, 0.25) is 11.8 Å². The summed E-state index contributed by atoms with van der Waals surface area (Å²) in [4.78, 5) is 42.7. The quantitative estimate of drug-likeness (QED) is 0.589. The molecule has 0 N–H and O–H groups in total. The van der Waals surface area contributed by atoms with Crippen molar-refractivity contribution in [2.75, 3.05) is 18.0 Å². The summed E-state index contributed by atoms with van der Waals surface area (Å²) < 4.78 is 0. The van der Waals surface area contributed by atoms with Crippen LogP contribution >= 0.6 is 0 Å². The lowest BCUT2D eigenvalue weighted by molar-refractivity contribution is -0.124. The molecule has 28 heavy (non-hydrogen) atoms. The van der Waals surface area contributed by atoms with E-state index < -0.39 is 0 Å². The van der Waals surface area contributed by atoms with Crippen molar-refractivity contribution in [1.29, 1.82) is 0 Å². The van der Waals surface area contributed by atoms with Gasteiger partial charge in [0.25, 0.3) is 5.91 Å². The van der Waals surface area contributed by atoms with Crippen LogP contribution in [0.3, 0.4) is 0 Å². The van der Waals surface area contributed by atoms with E-state index in [0.29, 0.717) is 23.1 Å². The van der Waals surface area contributed by atoms with Crippen LogP contribution in [0.4, 0.5) is 5.69 Å². The van der Waals surface area contributed by atoms with E-state index in [4.69, 9.17) is 0 Å². The number of anilines is 1. The zero-order valence-corrected chi connectivity index (χ0v) is 15.8. The van der Waals surface area contributed by atoms with Gasteiger partial charge in [-0.05, 0) is 67.6 Å². The molecule has 1 aromatic rings. The normalized spacial score (nSPS) is 37.9. The first-order valence-electron chi connectivity index (χ1n) is 10.6. The summed E-state index contributed by atoms with van der Waals surface area (Å²) in [5.41, 5.74) is 1.12. The SMILES string of the molecule is O=C(c1cccc(N2C(=O)[C@H]3[C@@H]4C=C[C@H]([C@H]5C[C@H]45)[C@@H]3C2=O)c1)N1CCCCC1. The molecule has 2 saturated heterocycles. The van der Waals surface area contributed by atoms with Gasteiger partial charge in [-0.3, -0.25) is 14.4 Å². The summed E-state index contributed by atoms with van der Waals surface area (Å²) in [7, 11) is 0. The van der Waals surface area contributed by atoms with Crippen LogP contribution in [-0.4, -0.2) is 35.7 Å². The zero-order valence-electron chi connectivity index (χ0n) is 15.8. The number of hydrogen-bond donors (Lipinski definition) is 0. The third-order valence-electron chi connectivity index (χ3n) is 7.66. The van der Waals surface area contributed by atoms with E-state index in [2.05, 4.69) is 12.2 Å². The highest BCUT2D eigenvalue weighted by atomic mass is 16.2. The third-order valence-corrected chi connectivity index (χ3v) is 7.66. The van der Waals surface area contributed by atoms with Crippen LogP contribution in [0.25, 0.3) is 0 Å². The summed E-state index contributed by atoms with van der Waals surface area (Å²) in [6.07, 6.45) is 8.78. The minimum absolute atomic E-state index is 0.000965. The molecule has 0 spiro atoms. The number of nitrogens with zero attached hydrogens (tertiary/aromatic N) is 2. The maximum Gasteiger partial charge on any atom is 0.253 e. The fourth-order valence-corrected chi connectivity index (χ4v) is 6.27. The summed E-state index contributed by atoms with van der Waals surface area (Å²) in [6.45, 7) is 1.57. The Labute approximate surface area is 164 Å². The average Bonchev–Trinajstić information content (AvgIpc) is 3.52. The topological polar surface area (TPSA) is 57.7 Å². The Morgan fingerprint density at radius 1 is 0.893 bits per heavy atom. The van der Waals surface area contributed by atoms with Gasteiger partial charge in [-0.2, -0.15) is 0 Å². The molecule has 5 heteroatoms. The molecule has 5 nitrogen and oxygen atoms in total. The van der Waals surface area contributed by atoms with Gasteiger partial charge in [0.1, 0.15) is 0 Å². The predicted octanol–water partition coefficient (Wildman–Crippen LogP) is 2.87. The summed E-state index contributed by atoms with van der Waals surface area (Å²) >= 11 is 0. The van der Waals surface area contributed by atoms with Gasteiger partial charge < -0.3 is 4.90 Å². The van der Waals surface area contributed by atoms with Gasteiger partial charge in [0, 0.05) is 18.7 Å². The molecule has 4 fully saturated rings. The van der Waals surface area contributed by atoms with Crippen LogP contribution in [0.2, 0.25) is 0 Å². The average molecular weight is 376 g/mol. The molecule has 2 bridgehead atoms. The van der Waals surface area contributed by atoms with E-state index in [0.717, 1.165) is 32.4 Å². The zero-order chi connectivity index (χ0) is 19.0. The van der Waals surface area contributed by atoms with Crippen molar-refractivity contribution < 1.29 is 14.4 Å². The third kappa shape index (κ3) is 2.16. The number of carbonyl (C=O) groups excluding carboxylic acids is 3. The molecule has 2 saturated carbocycles. The first-order chi connectivity index (χ1) is 13.6. The Balaban J connectivity index is 1.31. The highest BCUT2D eigenvalue weighted by Gasteiger charge is 2.67. The number of amides is 3. The van der Waals surface area contributed by atoms with Crippen molar-refractivity contribution in [1.82, 2.24) is 4.90 Å². The molecule has 144 valence electrons. The van der Waals surface area contributed by atoms with Crippen LogP contribution in [-0.2, 0) is 9.59 Å². The smallest absolute Gasteiger partial charge is 0.253 e. The molecule has 0 radical (unpaired) electrons. The van der Waals surface area contributed by atoms with Gasteiger partial charge in [-0.15, -0.1) is 0 Å². The largest absolute Gasteiger partial charge is 0.339 e. The molecular weight excluding hydrogens is 352 g/mol.